The Balaban J connectivity index is 1.35. The number of hydrogen-bond acceptors (Lipinski definition) is 1. The minimum atomic E-state index is 0.454. The summed E-state index contributed by atoms with van der Waals surface area (Å²) in [5, 5.41) is 7.54. The van der Waals surface area contributed by atoms with Crippen LogP contribution >= 0.6 is 0 Å². The fourth-order valence-electron chi connectivity index (χ4n) is 5.63. The first kappa shape index (κ1) is 20.8. The first-order valence-electron chi connectivity index (χ1n) is 12.6. The minimum absolute atomic E-state index is 0.454. The lowest BCUT2D eigenvalue weighted by Gasteiger charge is -2.15. The number of allylic oxidation sites excluding steroid dienone is 4. The molecule has 170 valence electrons. The predicted molar refractivity (Wildman–Crippen MR) is 153 cm³/mol. The van der Waals surface area contributed by atoms with Crippen LogP contribution in [0, 0.1) is 0 Å². The van der Waals surface area contributed by atoms with Gasteiger partial charge in [0.1, 0.15) is 0 Å². The van der Waals surface area contributed by atoms with E-state index >= 15 is 0 Å². The van der Waals surface area contributed by atoms with Crippen molar-refractivity contribution in [1.29, 1.82) is 0 Å². The Labute approximate surface area is 211 Å². The quantitative estimate of drug-likeness (QED) is 0.240. The lowest BCUT2D eigenvalue weighted by Crippen LogP contribution is -1.96. The van der Waals surface area contributed by atoms with Gasteiger partial charge < -0.3 is 0 Å². The van der Waals surface area contributed by atoms with E-state index in [-0.39, 0.29) is 0 Å². The van der Waals surface area contributed by atoms with E-state index in [0.29, 0.717) is 5.92 Å². The summed E-state index contributed by atoms with van der Waals surface area (Å²) in [6, 6.07) is 35.6. The molecule has 0 bridgehead atoms. The fourth-order valence-corrected chi connectivity index (χ4v) is 5.63. The van der Waals surface area contributed by atoms with Gasteiger partial charge in [-0.1, -0.05) is 103 Å². The van der Waals surface area contributed by atoms with E-state index in [2.05, 4.69) is 126 Å². The number of fused-ring (bicyclic) bond motifs is 6. The Morgan fingerprint density at radius 2 is 1.22 bits per heavy atom. The normalized spacial score (nSPS) is 15.2. The van der Waals surface area contributed by atoms with E-state index in [1.54, 1.807) is 0 Å². The standard InChI is InChI=1S/C35H25N/c1-2-8-24(9-3-1)25-10-6-11-26(20-25)27-12-7-13-28(21-27)29-16-17-32-30-14-4-5-15-31(30)33-18-19-36-23-35(33)34(32)22-29/h1-8,10-24H,9H2. The van der Waals surface area contributed by atoms with Gasteiger partial charge in [0.05, 0.1) is 0 Å². The van der Waals surface area contributed by atoms with Crippen molar-refractivity contribution in [3.05, 3.63) is 139 Å². The molecule has 0 saturated heterocycles. The zero-order valence-electron chi connectivity index (χ0n) is 19.9. The van der Waals surface area contributed by atoms with E-state index in [1.807, 2.05) is 12.4 Å². The number of aromatic nitrogens is 1. The molecule has 1 aliphatic rings. The summed E-state index contributed by atoms with van der Waals surface area (Å²) in [5.41, 5.74) is 6.33. The average Bonchev–Trinajstić information content (AvgIpc) is 2.98. The van der Waals surface area contributed by atoms with Crippen molar-refractivity contribution in [3.8, 4) is 22.3 Å². The van der Waals surface area contributed by atoms with Crippen molar-refractivity contribution >= 4 is 32.3 Å². The highest BCUT2D eigenvalue weighted by Crippen LogP contribution is 2.37. The van der Waals surface area contributed by atoms with E-state index in [0.717, 1.165) is 6.42 Å². The molecule has 5 aromatic carbocycles. The van der Waals surface area contributed by atoms with Crippen molar-refractivity contribution in [2.24, 2.45) is 0 Å². The Morgan fingerprint density at radius 3 is 2.00 bits per heavy atom. The molecule has 1 aliphatic carbocycles. The number of hydrogen-bond donors (Lipinski definition) is 0. The van der Waals surface area contributed by atoms with Crippen molar-refractivity contribution in [3.63, 3.8) is 0 Å². The number of pyridine rings is 1. The molecule has 0 fully saturated rings. The molecule has 1 unspecified atom stereocenters. The average molecular weight is 460 g/mol. The summed E-state index contributed by atoms with van der Waals surface area (Å²) in [6.07, 6.45) is 13.8. The highest BCUT2D eigenvalue weighted by molar-refractivity contribution is 6.25. The third kappa shape index (κ3) is 3.52. The first-order valence-corrected chi connectivity index (χ1v) is 12.6. The van der Waals surface area contributed by atoms with E-state index in [9.17, 15) is 0 Å². The molecule has 0 amide bonds. The third-order valence-electron chi connectivity index (χ3n) is 7.46. The SMILES string of the molecule is C1=CCC(c2cccc(-c3cccc(-c4ccc5c6ccccc6c6ccncc6c5c4)c3)c2)C=C1. The fraction of sp³-hybridized carbons (Fsp3) is 0.0571. The Kier molecular flexibility index (Phi) is 4.99. The van der Waals surface area contributed by atoms with Crippen LogP contribution in [0.3, 0.4) is 0 Å². The highest BCUT2D eigenvalue weighted by atomic mass is 14.6. The summed E-state index contributed by atoms with van der Waals surface area (Å²) in [6.45, 7) is 0. The van der Waals surface area contributed by atoms with Gasteiger partial charge in [0.15, 0.2) is 0 Å². The van der Waals surface area contributed by atoms with Crippen molar-refractivity contribution in [2.45, 2.75) is 12.3 Å². The molecular weight excluding hydrogens is 434 g/mol. The van der Waals surface area contributed by atoms with Gasteiger partial charge in [0.25, 0.3) is 0 Å². The van der Waals surface area contributed by atoms with Crippen LogP contribution in [0.1, 0.15) is 17.9 Å². The zero-order chi connectivity index (χ0) is 23.9. The summed E-state index contributed by atoms with van der Waals surface area (Å²) < 4.78 is 0. The number of nitrogens with zero attached hydrogens (tertiary/aromatic N) is 1. The van der Waals surface area contributed by atoms with Crippen LogP contribution in [-0.2, 0) is 0 Å². The van der Waals surface area contributed by atoms with Gasteiger partial charge in [0, 0.05) is 23.7 Å². The second-order valence-electron chi connectivity index (χ2n) is 9.59. The topological polar surface area (TPSA) is 12.9 Å². The van der Waals surface area contributed by atoms with Gasteiger partial charge in [-0.15, -0.1) is 0 Å². The molecule has 1 aromatic heterocycles. The van der Waals surface area contributed by atoms with Crippen LogP contribution in [0.2, 0.25) is 0 Å². The summed E-state index contributed by atoms with van der Waals surface area (Å²) in [4.78, 5) is 4.46. The van der Waals surface area contributed by atoms with Crippen LogP contribution in [0.4, 0.5) is 0 Å². The zero-order valence-corrected chi connectivity index (χ0v) is 19.9. The maximum Gasteiger partial charge on any atom is 0.0352 e. The summed E-state index contributed by atoms with van der Waals surface area (Å²) in [7, 11) is 0. The minimum Gasteiger partial charge on any atom is -0.264 e. The highest BCUT2D eigenvalue weighted by Gasteiger charge is 2.12. The number of rotatable bonds is 3. The largest absolute Gasteiger partial charge is 0.264 e. The van der Waals surface area contributed by atoms with E-state index < -0.39 is 0 Å². The van der Waals surface area contributed by atoms with Gasteiger partial charge in [-0.05, 0) is 79.4 Å². The van der Waals surface area contributed by atoms with Gasteiger partial charge in [0.2, 0.25) is 0 Å². The maximum atomic E-state index is 4.46. The molecule has 7 rings (SSSR count). The molecule has 0 aliphatic heterocycles. The summed E-state index contributed by atoms with van der Waals surface area (Å²) >= 11 is 0. The lowest BCUT2D eigenvalue weighted by atomic mass is 9.89. The molecular formula is C35H25N. The molecule has 0 N–H and O–H groups in total. The van der Waals surface area contributed by atoms with Gasteiger partial charge >= 0.3 is 0 Å². The smallest absolute Gasteiger partial charge is 0.0352 e. The van der Waals surface area contributed by atoms with Crippen molar-refractivity contribution < 1.29 is 0 Å². The molecule has 0 radical (unpaired) electrons. The monoisotopic (exact) mass is 459 g/mol. The van der Waals surface area contributed by atoms with Crippen molar-refractivity contribution in [2.75, 3.05) is 0 Å². The lowest BCUT2D eigenvalue weighted by molar-refractivity contribution is 0.854. The van der Waals surface area contributed by atoms with Crippen molar-refractivity contribution in [1.82, 2.24) is 4.98 Å². The molecule has 1 heteroatoms. The van der Waals surface area contributed by atoms with Crippen LogP contribution < -0.4 is 0 Å². The molecule has 1 heterocycles. The molecule has 1 nitrogen and oxygen atoms in total. The second kappa shape index (κ2) is 8.62. The van der Waals surface area contributed by atoms with E-state index in [4.69, 9.17) is 0 Å². The first-order chi connectivity index (χ1) is 17.8. The van der Waals surface area contributed by atoms with Gasteiger partial charge in [-0.25, -0.2) is 0 Å². The van der Waals surface area contributed by atoms with Gasteiger partial charge in [-0.3, -0.25) is 4.98 Å². The molecule has 36 heavy (non-hydrogen) atoms. The molecule has 0 spiro atoms. The Morgan fingerprint density at radius 1 is 0.528 bits per heavy atom. The van der Waals surface area contributed by atoms with Crippen LogP contribution in [0.15, 0.2) is 134 Å². The molecule has 1 atom stereocenters. The molecule has 0 saturated carbocycles. The van der Waals surface area contributed by atoms with E-state index in [1.165, 1.54) is 60.1 Å². The van der Waals surface area contributed by atoms with Crippen LogP contribution in [0.5, 0.6) is 0 Å². The number of benzene rings is 5. The second-order valence-corrected chi connectivity index (χ2v) is 9.59. The van der Waals surface area contributed by atoms with Crippen LogP contribution in [0.25, 0.3) is 54.6 Å². The Bertz CT molecular complexity index is 1790. The Hall–Kier alpha value is -4.49. The summed E-state index contributed by atoms with van der Waals surface area (Å²) in [5.74, 6) is 0.454. The van der Waals surface area contributed by atoms with Crippen LogP contribution in [-0.4, -0.2) is 4.98 Å². The predicted octanol–water partition coefficient (Wildman–Crippen LogP) is 9.47. The third-order valence-corrected chi connectivity index (χ3v) is 7.46. The molecule has 6 aromatic rings. The van der Waals surface area contributed by atoms with Gasteiger partial charge in [-0.2, -0.15) is 0 Å². The maximum absolute atomic E-state index is 4.46.